The zero-order valence-electron chi connectivity index (χ0n) is 11.4. The molecule has 1 aromatic carbocycles. The van der Waals surface area contributed by atoms with Crippen molar-refractivity contribution in [1.29, 1.82) is 0 Å². The summed E-state index contributed by atoms with van der Waals surface area (Å²) in [4.78, 5) is 12.1. The molecule has 1 saturated heterocycles. The molecule has 0 spiro atoms. The summed E-state index contributed by atoms with van der Waals surface area (Å²) in [6.45, 7) is 0.155. The van der Waals surface area contributed by atoms with Crippen LogP contribution in [0.2, 0.25) is 0 Å². The van der Waals surface area contributed by atoms with Gasteiger partial charge in [-0.2, -0.15) is 13.2 Å². The number of hydrogen-bond donors (Lipinski definition) is 2. The van der Waals surface area contributed by atoms with E-state index in [9.17, 15) is 18.0 Å². The van der Waals surface area contributed by atoms with E-state index in [1.165, 1.54) is 12.1 Å². The Morgan fingerprint density at radius 1 is 1.29 bits per heavy atom. The van der Waals surface area contributed by atoms with Gasteiger partial charge in [0.1, 0.15) is 5.75 Å². The lowest BCUT2D eigenvalue weighted by Crippen LogP contribution is -2.34. The number of alkyl halides is 3. The fourth-order valence-corrected chi connectivity index (χ4v) is 2.17. The molecule has 1 heterocycles. The number of para-hydroxylation sites is 2. The van der Waals surface area contributed by atoms with Crippen molar-refractivity contribution in [1.82, 2.24) is 5.32 Å². The van der Waals surface area contributed by atoms with Crippen molar-refractivity contribution in [2.24, 2.45) is 5.92 Å². The Morgan fingerprint density at radius 3 is 2.62 bits per heavy atom. The monoisotopic (exact) mass is 302 g/mol. The van der Waals surface area contributed by atoms with Crippen LogP contribution in [0.15, 0.2) is 24.3 Å². The first-order valence-corrected chi connectivity index (χ1v) is 6.76. The summed E-state index contributed by atoms with van der Waals surface area (Å²) in [5.41, 5.74) is 0.269. The van der Waals surface area contributed by atoms with Gasteiger partial charge in [-0.25, -0.2) is 0 Å². The Hall–Kier alpha value is -1.76. The molecule has 2 rings (SSSR count). The van der Waals surface area contributed by atoms with Gasteiger partial charge < -0.3 is 15.4 Å². The summed E-state index contributed by atoms with van der Waals surface area (Å²) in [6.07, 6.45) is -2.97. The van der Waals surface area contributed by atoms with E-state index in [-0.39, 0.29) is 23.3 Å². The fraction of sp³-hybridized carbons (Fsp3) is 0.500. The number of ether oxygens (including phenoxy) is 1. The molecule has 0 aromatic heterocycles. The van der Waals surface area contributed by atoms with Crippen molar-refractivity contribution < 1.29 is 22.7 Å². The molecule has 0 saturated carbocycles. The molecule has 1 aliphatic heterocycles. The van der Waals surface area contributed by atoms with Gasteiger partial charge in [-0.05, 0) is 38.1 Å². The van der Waals surface area contributed by atoms with Gasteiger partial charge in [0.15, 0.2) is 6.61 Å². The lowest BCUT2D eigenvalue weighted by molar-refractivity contribution is -0.153. The van der Waals surface area contributed by atoms with Crippen molar-refractivity contribution >= 4 is 11.6 Å². The molecule has 0 radical (unpaired) electrons. The highest BCUT2D eigenvalue weighted by molar-refractivity contribution is 5.94. The first-order chi connectivity index (χ1) is 9.96. The lowest BCUT2D eigenvalue weighted by Gasteiger charge is -2.22. The molecule has 21 heavy (non-hydrogen) atoms. The SMILES string of the molecule is O=C(Nc1ccccc1OCC(F)(F)F)C1CCNCC1. The summed E-state index contributed by atoms with van der Waals surface area (Å²) in [5, 5.41) is 5.81. The van der Waals surface area contributed by atoms with Crippen LogP contribution in [-0.4, -0.2) is 31.8 Å². The highest BCUT2D eigenvalue weighted by Gasteiger charge is 2.29. The van der Waals surface area contributed by atoms with E-state index in [4.69, 9.17) is 4.74 Å². The van der Waals surface area contributed by atoms with Crippen molar-refractivity contribution in [3.8, 4) is 5.75 Å². The molecule has 4 nitrogen and oxygen atoms in total. The summed E-state index contributed by atoms with van der Waals surface area (Å²) in [5.74, 6) is -0.279. The minimum atomic E-state index is -4.41. The third kappa shape index (κ3) is 4.93. The van der Waals surface area contributed by atoms with Gasteiger partial charge in [-0.1, -0.05) is 12.1 Å². The van der Waals surface area contributed by atoms with Gasteiger partial charge in [0.25, 0.3) is 0 Å². The number of carbonyl (C=O) groups excluding carboxylic acids is 1. The minimum absolute atomic E-state index is 0.0251. The Labute approximate surface area is 120 Å². The summed E-state index contributed by atoms with van der Waals surface area (Å²) < 4.78 is 41.4. The van der Waals surface area contributed by atoms with Gasteiger partial charge in [0, 0.05) is 5.92 Å². The average Bonchev–Trinajstić information content (AvgIpc) is 2.46. The van der Waals surface area contributed by atoms with Crippen LogP contribution in [-0.2, 0) is 4.79 Å². The van der Waals surface area contributed by atoms with Crippen LogP contribution in [0.4, 0.5) is 18.9 Å². The molecule has 0 atom stereocenters. The molecule has 0 unspecified atom stereocenters. The first-order valence-electron chi connectivity index (χ1n) is 6.76. The number of hydrogen-bond acceptors (Lipinski definition) is 3. The maximum atomic E-state index is 12.2. The second-order valence-electron chi connectivity index (χ2n) is 4.91. The van der Waals surface area contributed by atoms with Crippen molar-refractivity contribution in [2.45, 2.75) is 19.0 Å². The van der Waals surface area contributed by atoms with Crippen LogP contribution in [0.25, 0.3) is 0 Å². The Balaban J connectivity index is 2.00. The van der Waals surface area contributed by atoms with E-state index in [1.54, 1.807) is 12.1 Å². The Kier molecular flexibility index (Phi) is 5.06. The molecular weight excluding hydrogens is 285 g/mol. The molecule has 0 aliphatic carbocycles. The van der Waals surface area contributed by atoms with Gasteiger partial charge in [-0.15, -0.1) is 0 Å². The molecule has 1 aromatic rings. The van der Waals surface area contributed by atoms with Crippen LogP contribution in [0.3, 0.4) is 0 Å². The first kappa shape index (κ1) is 15.6. The molecule has 1 fully saturated rings. The second kappa shape index (κ2) is 6.80. The highest BCUT2D eigenvalue weighted by Crippen LogP contribution is 2.27. The highest BCUT2D eigenvalue weighted by atomic mass is 19.4. The van der Waals surface area contributed by atoms with E-state index < -0.39 is 12.8 Å². The van der Waals surface area contributed by atoms with Gasteiger partial charge in [0.2, 0.25) is 5.91 Å². The average molecular weight is 302 g/mol. The fourth-order valence-electron chi connectivity index (χ4n) is 2.17. The van der Waals surface area contributed by atoms with E-state index >= 15 is 0 Å². The number of rotatable bonds is 4. The molecule has 116 valence electrons. The zero-order chi connectivity index (χ0) is 15.3. The maximum absolute atomic E-state index is 12.2. The Morgan fingerprint density at radius 2 is 1.95 bits per heavy atom. The smallest absolute Gasteiger partial charge is 0.422 e. The lowest BCUT2D eigenvalue weighted by atomic mass is 9.97. The van der Waals surface area contributed by atoms with Gasteiger partial charge in [-0.3, -0.25) is 4.79 Å². The van der Waals surface area contributed by atoms with Crippen LogP contribution in [0.5, 0.6) is 5.75 Å². The third-order valence-electron chi connectivity index (χ3n) is 3.25. The van der Waals surface area contributed by atoms with Crippen LogP contribution < -0.4 is 15.4 Å². The summed E-state index contributed by atoms with van der Waals surface area (Å²) in [7, 11) is 0. The normalized spacial score (nSPS) is 16.5. The molecular formula is C14H17F3N2O2. The molecule has 1 aliphatic rings. The predicted octanol–water partition coefficient (Wildman–Crippen LogP) is 2.57. The quantitative estimate of drug-likeness (QED) is 0.899. The molecule has 2 N–H and O–H groups in total. The summed E-state index contributed by atoms with van der Waals surface area (Å²) >= 11 is 0. The molecule has 1 amide bonds. The largest absolute Gasteiger partial charge is 0.482 e. The number of amides is 1. The van der Waals surface area contributed by atoms with Crippen LogP contribution in [0, 0.1) is 5.92 Å². The van der Waals surface area contributed by atoms with Gasteiger partial charge in [0.05, 0.1) is 5.69 Å². The van der Waals surface area contributed by atoms with Gasteiger partial charge >= 0.3 is 6.18 Å². The standard InChI is InChI=1S/C14H17F3N2O2/c15-14(16,17)9-21-12-4-2-1-3-11(12)19-13(20)10-5-7-18-8-6-10/h1-4,10,18H,5-9H2,(H,19,20). The zero-order valence-corrected chi connectivity index (χ0v) is 11.4. The maximum Gasteiger partial charge on any atom is 0.422 e. The topological polar surface area (TPSA) is 50.4 Å². The van der Waals surface area contributed by atoms with E-state index in [0.717, 1.165) is 25.9 Å². The second-order valence-corrected chi connectivity index (χ2v) is 4.91. The number of anilines is 1. The number of carbonyl (C=O) groups is 1. The van der Waals surface area contributed by atoms with Crippen LogP contribution >= 0.6 is 0 Å². The molecule has 0 bridgehead atoms. The number of nitrogens with one attached hydrogen (secondary N) is 2. The number of halogens is 3. The molecule has 7 heteroatoms. The van der Waals surface area contributed by atoms with E-state index in [1.807, 2.05) is 0 Å². The number of benzene rings is 1. The minimum Gasteiger partial charge on any atom is -0.482 e. The van der Waals surface area contributed by atoms with Crippen molar-refractivity contribution in [3.05, 3.63) is 24.3 Å². The third-order valence-corrected chi connectivity index (χ3v) is 3.25. The summed E-state index contributed by atoms with van der Waals surface area (Å²) in [6, 6.07) is 6.14. The number of piperidine rings is 1. The van der Waals surface area contributed by atoms with Crippen molar-refractivity contribution in [3.63, 3.8) is 0 Å². The Bertz CT molecular complexity index is 485. The van der Waals surface area contributed by atoms with E-state index in [2.05, 4.69) is 10.6 Å². The van der Waals surface area contributed by atoms with E-state index in [0.29, 0.717) is 0 Å². The van der Waals surface area contributed by atoms with Crippen molar-refractivity contribution in [2.75, 3.05) is 25.0 Å². The van der Waals surface area contributed by atoms with Crippen LogP contribution in [0.1, 0.15) is 12.8 Å². The predicted molar refractivity (Wildman–Crippen MR) is 72.2 cm³/mol.